The van der Waals surface area contributed by atoms with Gasteiger partial charge in [0.15, 0.2) is 11.6 Å². The van der Waals surface area contributed by atoms with Crippen molar-refractivity contribution in [3.8, 4) is 11.6 Å². The molecule has 1 saturated carbocycles. The van der Waals surface area contributed by atoms with Gasteiger partial charge >= 0.3 is 0 Å². The minimum Gasteiger partial charge on any atom is -0.434 e. The standard InChI is InChI=1S/C16H16ClFN2O/c1-10-2-5-14(18)15(6-10)21-16-13(17)7-11(9-20-16)8-19-12-3-4-12/h2,5-7,9,12,19H,3-4,8H2,1H3. The first kappa shape index (κ1) is 14.3. The van der Waals surface area contributed by atoms with Crippen LogP contribution in [0.3, 0.4) is 0 Å². The van der Waals surface area contributed by atoms with Crippen LogP contribution < -0.4 is 10.1 Å². The van der Waals surface area contributed by atoms with Crippen molar-refractivity contribution in [3.05, 3.63) is 52.4 Å². The highest BCUT2D eigenvalue weighted by Gasteiger charge is 2.20. The summed E-state index contributed by atoms with van der Waals surface area (Å²) in [4.78, 5) is 4.18. The maximum Gasteiger partial charge on any atom is 0.238 e. The van der Waals surface area contributed by atoms with Gasteiger partial charge in [-0.2, -0.15) is 0 Å². The van der Waals surface area contributed by atoms with Gasteiger partial charge < -0.3 is 10.1 Å². The van der Waals surface area contributed by atoms with E-state index < -0.39 is 5.82 Å². The number of hydrogen-bond donors (Lipinski definition) is 1. The molecular weight excluding hydrogens is 291 g/mol. The summed E-state index contributed by atoms with van der Waals surface area (Å²) >= 11 is 6.16. The molecule has 1 aromatic heterocycles. The van der Waals surface area contributed by atoms with E-state index in [-0.39, 0.29) is 11.6 Å². The molecule has 110 valence electrons. The molecule has 1 aliphatic rings. The zero-order chi connectivity index (χ0) is 14.8. The van der Waals surface area contributed by atoms with E-state index >= 15 is 0 Å². The lowest BCUT2D eigenvalue weighted by Crippen LogP contribution is -2.15. The zero-order valence-corrected chi connectivity index (χ0v) is 12.5. The number of hydrogen-bond acceptors (Lipinski definition) is 3. The predicted octanol–water partition coefficient (Wildman–Crippen LogP) is 4.23. The third-order valence-electron chi connectivity index (χ3n) is 3.33. The fraction of sp³-hybridized carbons (Fsp3) is 0.312. The quantitative estimate of drug-likeness (QED) is 0.897. The lowest BCUT2D eigenvalue weighted by atomic mass is 10.2. The second-order valence-electron chi connectivity index (χ2n) is 5.32. The monoisotopic (exact) mass is 306 g/mol. The second kappa shape index (κ2) is 6.00. The van der Waals surface area contributed by atoms with E-state index in [0.717, 1.165) is 17.7 Å². The summed E-state index contributed by atoms with van der Waals surface area (Å²) < 4.78 is 19.2. The Labute approximate surface area is 128 Å². The van der Waals surface area contributed by atoms with Crippen molar-refractivity contribution in [1.82, 2.24) is 10.3 Å². The minimum absolute atomic E-state index is 0.133. The number of aromatic nitrogens is 1. The minimum atomic E-state index is -0.432. The van der Waals surface area contributed by atoms with E-state index in [2.05, 4.69) is 10.3 Å². The molecule has 1 aromatic carbocycles. The van der Waals surface area contributed by atoms with Gasteiger partial charge in [0.1, 0.15) is 5.02 Å². The maximum atomic E-state index is 13.7. The van der Waals surface area contributed by atoms with Crippen molar-refractivity contribution in [2.45, 2.75) is 32.4 Å². The molecule has 0 radical (unpaired) electrons. The van der Waals surface area contributed by atoms with E-state index in [1.807, 2.05) is 6.92 Å². The van der Waals surface area contributed by atoms with Gasteiger partial charge in [0.25, 0.3) is 0 Å². The van der Waals surface area contributed by atoms with Gasteiger partial charge in [-0.3, -0.25) is 0 Å². The molecule has 0 atom stereocenters. The molecular formula is C16H16ClFN2O. The number of aryl methyl sites for hydroxylation is 1. The van der Waals surface area contributed by atoms with Gasteiger partial charge in [-0.05, 0) is 49.1 Å². The summed E-state index contributed by atoms with van der Waals surface area (Å²) in [6, 6.07) is 7.10. The first-order valence-electron chi connectivity index (χ1n) is 6.93. The van der Waals surface area contributed by atoms with Gasteiger partial charge in [-0.1, -0.05) is 17.7 Å². The number of rotatable bonds is 5. The smallest absolute Gasteiger partial charge is 0.238 e. The largest absolute Gasteiger partial charge is 0.434 e. The number of pyridine rings is 1. The van der Waals surface area contributed by atoms with E-state index in [0.29, 0.717) is 11.1 Å². The number of halogens is 2. The highest BCUT2D eigenvalue weighted by atomic mass is 35.5. The molecule has 0 spiro atoms. The molecule has 21 heavy (non-hydrogen) atoms. The first-order valence-corrected chi connectivity index (χ1v) is 7.31. The third-order valence-corrected chi connectivity index (χ3v) is 3.60. The molecule has 5 heteroatoms. The predicted molar refractivity (Wildman–Crippen MR) is 80.3 cm³/mol. The third kappa shape index (κ3) is 3.71. The van der Waals surface area contributed by atoms with Gasteiger partial charge in [-0.15, -0.1) is 0 Å². The van der Waals surface area contributed by atoms with Crippen molar-refractivity contribution in [1.29, 1.82) is 0 Å². The van der Waals surface area contributed by atoms with Crippen LogP contribution in [0.25, 0.3) is 0 Å². The van der Waals surface area contributed by atoms with Crippen molar-refractivity contribution in [2.24, 2.45) is 0 Å². The Kier molecular flexibility index (Phi) is 4.08. The maximum absolute atomic E-state index is 13.7. The summed E-state index contributed by atoms with van der Waals surface area (Å²) in [5.41, 5.74) is 1.90. The first-order chi connectivity index (χ1) is 10.1. The Morgan fingerprint density at radius 1 is 1.38 bits per heavy atom. The normalized spacial score (nSPS) is 14.2. The fourth-order valence-corrected chi connectivity index (χ4v) is 2.21. The molecule has 0 bridgehead atoms. The van der Waals surface area contributed by atoms with E-state index in [4.69, 9.17) is 16.3 Å². The molecule has 0 saturated heterocycles. The highest BCUT2D eigenvalue weighted by molar-refractivity contribution is 6.31. The molecule has 1 N–H and O–H groups in total. The van der Waals surface area contributed by atoms with Crippen molar-refractivity contribution >= 4 is 11.6 Å². The molecule has 1 fully saturated rings. The van der Waals surface area contributed by atoms with Crippen molar-refractivity contribution in [2.75, 3.05) is 0 Å². The molecule has 1 heterocycles. The van der Waals surface area contributed by atoms with Gasteiger partial charge in [0, 0.05) is 18.8 Å². The van der Waals surface area contributed by atoms with Crippen LogP contribution in [0, 0.1) is 12.7 Å². The molecule has 1 aliphatic carbocycles. The van der Waals surface area contributed by atoms with Gasteiger partial charge in [-0.25, -0.2) is 9.37 Å². The average molecular weight is 307 g/mol. The number of nitrogens with zero attached hydrogens (tertiary/aromatic N) is 1. The van der Waals surface area contributed by atoms with Gasteiger partial charge in [0.05, 0.1) is 0 Å². The Balaban J connectivity index is 1.74. The van der Waals surface area contributed by atoms with Crippen molar-refractivity contribution in [3.63, 3.8) is 0 Å². The van der Waals surface area contributed by atoms with Crippen LogP contribution in [0.5, 0.6) is 11.6 Å². The second-order valence-corrected chi connectivity index (χ2v) is 5.73. The summed E-state index contributed by atoms with van der Waals surface area (Å²) in [5.74, 6) is -0.0810. The number of ether oxygens (including phenoxy) is 1. The zero-order valence-electron chi connectivity index (χ0n) is 11.7. The number of benzene rings is 1. The van der Waals surface area contributed by atoms with Crippen LogP contribution in [-0.2, 0) is 6.54 Å². The highest BCUT2D eigenvalue weighted by Crippen LogP contribution is 2.30. The van der Waals surface area contributed by atoms with Crippen LogP contribution in [0.2, 0.25) is 5.02 Å². The Bertz CT molecular complexity index is 659. The van der Waals surface area contributed by atoms with Crippen LogP contribution in [0.4, 0.5) is 4.39 Å². The van der Waals surface area contributed by atoms with Crippen LogP contribution >= 0.6 is 11.6 Å². The molecule has 3 rings (SSSR count). The summed E-state index contributed by atoms with van der Waals surface area (Å²) in [6.07, 6.45) is 4.16. The number of nitrogens with one attached hydrogen (secondary N) is 1. The van der Waals surface area contributed by atoms with Crippen LogP contribution in [-0.4, -0.2) is 11.0 Å². The average Bonchev–Trinajstić information content (AvgIpc) is 3.27. The van der Waals surface area contributed by atoms with E-state index in [1.54, 1.807) is 24.4 Å². The molecule has 0 unspecified atom stereocenters. The molecule has 0 aliphatic heterocycles. The molecule has 0 amide bonds. The lowest BCUT2D eigenvalue weighted by molar-refractivity contribution is 0.427. The van der Waals surface area contributed by atoms with Gasteiger partial charge in [0.2, 0.25) is 5.88 Å². The van der Waals surface area contributed by atoms with Crippen LogP contribution in [0.1, 0.15) is 24.0 Å². The van der Waals surface area contributed by atoms with Crippen LogP contribution in [0.15, 0.2) is 30.5 Å². The fourth-order valence-electron chi connectivity index (χ4n) is 1.98. The lowest BCUT2D eigenvalue weighted by Gasteiger charge is -2.10. The van der Waals surface area contributed by atoms with E-state index in [9.17, 15) is 4.39 Å². The SMILES string of the molecule is Cc1ccc(F)c(Oc2ncc(CNC3CC3)cc2Cl)c1. The summed E-state index contributed by atoms with van der Waals surface area (Å²) in [5, 5.41) is 3.77. The Morgan fingerprint density at radius 2 is 2.19 bits per heavy atom. The summed E-state index contributed by atoms with van der Waals surface area (Å²) in [6.45, 7) is 2.60. The Morgan fingerprint density at radius 3 is 2.90 bits per heavy atom. The topological polar surface area (TPSA) is 34.1 Å². The summed E-state index contributed by atoms with van der Waals surface area (Å²) in [7, 11) is 0. The van der Waals surface area contributed by atoms with E-state index in [1.165, 1.54) is 18.9 Å². The molecule has 3 nitrogen and oxygen atoms in total. The van der Waals surface area contributed by atoms with Crippen molar-refractivity contribution < 1.29 is 9.13 Å². The molecule has 2 aromatic rings. The Hall–Kier alpha value is -1.65.